The van der Waals surface area contributed by atoms with E-state index in [1.54, 1.807) is 25.3 Å². The molecule has 1 saturated heterocycles. The number of nitrogens with one attached hydrogen (secondary N) is 1. The predicted molar refractivity (Wildman–Crippen MR) is 90.9 cm³/mol. The molecule has 1 aliphatic rings. The molecule has 1 fully saturated rings. The second-order valence-corrected chi connectivity index (χ2v) is 6.73. The molecule has 1 aromatic rings. The summed E-state index contributed by atoms with van der Waals surface area (Å²) in [7, 11) is 2.88. The summed E-state index contributed by atoms with van der Waals surface area (Å²) in [5.74, 6) is 0.297. The van der Waals surface area contributed by atoms with E-state index in [0.717, 1.165) is 5.47 Å². The van der Waals surface area contributed by atoms with Crippen LogP contribution in [0.5, 0.6) is 5.75 Å². The van der Waals surface area contributed by atoms with E-state index in [0.29, 0.717) is 17.9 Å². The number of hydrogen-bond acceptors (Lipinski definition) is 4. The molecular weight excluding hydrogens is 296 g/mol. The van der Waals surface area contributed by atoms with Crippen molar-refractivity contribution >= 4 is 13.2 Å². The van der Waals surface area contributed by atoms with Crippen molar-refractivity contribution in [1.82, 2.24) is 5.32 Å². The largest absolute Gasteiger partial charge is 0.497 e. The Hall–Kier alpha value is -1.37. The van der Waals surface area contributed by atoms with Gasteiger partial charge in [0, 0.05) is 12.1 Å². The number of halogens is 1. The van der Waals surface area contributed by atoms with E-state index in [-0.39, 0.29) is 5.82 Å². The molecule has 23 heavy (non-hydrogen) atoms. The Bertz CT molecular complexity index is 586. The lowest BCUT2D eigenvalue weighted by atomic mass is 9.77. The van der Waals surface area contributed by atoms with Gasteiger partial charge in [0.15, 0.2) is 0 Å². The van der Waals surface area contributed by atoms with Crippen molar-refractivity contribution < 1.29 is 18.4 Å². The lowest BCUT2D eigenvalue weighted by Crippen LogP contribution is -2.41. The second-order valence-electron chi connectivity index (χ2n) is 6.73. The summed E-state index contributed by atoms with van der Waals surface area (Å²) < 4.78 is 31.4. The molecule has 0 spiro atoms. The summed E-state index contributed by atoms with van der Waals surface area (Å²) in [5, 5.41) is 3.09. The van der Waals surface area contributed by atoms with Crippen molar-refractivity contribution in [2.75, 3.05) is 20.7 Å². The van der Waals surface area contributed by atoms with Gasteiger partial charge in [0.25, 0.3) is 0 Å². The van der Waals surface area contributed by atoms with Crippen molar-refractivity contribution in [3.05, 3.63) is 35.1 Å². The fourth-order valence-electron chi connectivity index (χ4n) is 2.36. The van der Waals surface area contributed by atoms with E-state index in [4.69, 9.17) is 14.0 Å². The molecule has 126 valence electrons. The lowest BCUT2D eigenvalue weighted by molar-refractivity contribution is 0.00578. The van der Waals surface area contributed by atoms with Gasteiger partial charge in [-0.3, -0.25) is 0 Å². The Kier molecular flexibility index (Phi) is 5.18. The molecule has 1 aliphatic heterocycles. The summed E-state index contributed by atoms with van der Waals surface area (Å²) in [6, 6.07) is 4.65. The first-order valence-corrected chi connectivity index (χ1v) is 7.74. The zero-order valence-electron chi connectivity index (χ0n) is 14.7. The zero-order chi connectivity index (χ0) is 17.3. The van der Waals surface area contributed by atoms with Gasteiger partial charge in [-0.05, 0) is 58.4 Å². The molecule has 1 heterocycles. The molecule has 0 atom stereocenters. The van der Waals surface area contributed by atoms with Crippen molar-refractivity contribution in [1.29, 1.82) is 0 Å². The number of rotatable bonds is 5. The van der Waals surface area contributed by atoms with E-state index in [1.807, 2.05) is 34.7 Å². The summed E-state index contributed by atoms with van der Waals surface area (Å²) in [6.07, 6.45) is 1.76. The van der Waals surface area contributed by atoms with Crippen LogP contribution in [0.4, 0.5) is 4.39 Å². The Morgan fingerprint density at radius 2 is 1.87 bits per heavy atom. The minimum atomic E-state index is -0.516. The molecule has 4 nitrogen and oxygen atoms in total. The Balaban J connectivity index is 2.36. The summed E-state index contributed by atoms with van der Waals surface area (Å²) in [5.41, 5.74) is 0.414. The third-order valence-electron chi connectivity index (χ3n) is 4.48. The standard InChI is InChI=1S/C17H25BFNO3/c1-16(2)17(3,4)23-18(22-16)13(11-20-5)9-12-10-14(21-6)7-8-15(12)19/h7-10,20H,11H2,1-6H3. The van der Waals surface area contributed by atoms with Crippen molar-refractivity contribution in [3.8, 4) is 5.75 Å². The monoisotopic (exact) mass is 321 g/mol. The van der Waals surface area contributed by atoms with Gasteiger partial charge in [0.1, 0.15) is 11.6 Å². The molecule has 1 aromatic carbocycles. The first kappa shape index (κ1) is 18.0. The van der Waals surface area contributed by atoms with Crippen LogP contribution in [-0.4, -0.2) is 39.0 Å². The van der Waals surface area contributed by atoms with Crippen LogP contribution in [0.2, 0.25) is 0 Å². The average molecular weight is 321 g/mol. The number of ether oxygens (including phenoxy) is 1. The Labute approximate surface area is 138 Å². The van der Waals surface area contributed by atoms with Gasteiger partial charge in [-0.25, -0.2) is 4.39 Å². The molecule has 0 aromatic heterocycles. The SMILES string of the molecule is CNCC(=Cc1cc(OC)ccc1F)B1OC(C)(C)C(C)(C)O1. The normalized spacial score (nSPS) is 20.0. The third-order valence-corrected chi connectivity index (χ3v) is 4.48. The van der Waals surface area contributed by atoms with Crippen LogP contribution in [-0.2, 0) is 9.31 Å². The predicted octanol–water partition coefficient (Wildman–Crippen LogP) is 3.07. The number of likely N-dealkylation sites (N-methyl/N-ethyl adjacent to an activating group) is 1. The highest BCUT2D eigenvalue weighted by Gasteiger charge is 2.52. The number of methoxy groups -OCH3 is 1. The first-order chi connectivity index (χ1) is 10.7. The smallest absolute Gasteiger partial charge is 0.491 e. The van der Waals surface area contributed by atoms with Crippen LogP contribution < -0.4 is 10.1 Å². The molecular formula is C17H25BFNO3. The van der Waals surface area contributed by atoms with E-state index in [1.165, 1.54) is 6.07 Å². The molecule has 2 rings (SSSR count). The summed E-state index contributed by atoms with van der Waals surface area (Å²) in [6.45, 7) is 8.52. The maximum atomic E-state index is 14.1. The minimum Gasteiger partial charge on any atom is -0.497 e. The topological polar surface area (TPSA) is 39.7 Å². The van der Waals surface area contributed by atoms with Crippen molar-refractivity contribution in [2.24, 2.45) is 0 Å². The van der Waals surface area contributed by atoms with Gasteiger partial charge >= 0.3 is 7.12 Å². The van der Waals surface area contributed by atoms with Gasteiger partial charge in [-0.15, -0.1) is 0 Å². The van der Waals surface area contributed by atoms with Gasteiger partial charge in [-0.2, -0.15) is 0 Å². The minimum absolute atomic E-state index is 0.309. The van der Waals surface area contributed by atoms with Crippen LogP contribution >= 0.6 is 0 Å². The third kappa shape index (κ3) is 3.76. The highest BCUT2D eigenvalue weighted by atomic mass is 19.1. The first-order valence-electron chi connectivity index (χ1n) is 7.74. The van der Waals surface area contributed by atoms with Crippen LogP contribution in [0.1, 0.15) is 33.3 Å². The highest BCUT2D eigenvalue weighted by molar-refractivity contribution is 6.55. The maximum absolute atomic E-state index is 14.1. The van der Waals surface area contributed by atoms with E-state index in [9.17, 15) is 4.39 Å². The number of benzene rings is 1. The molecule has 1 N–H and O–H groups in total. The summed E-state index contributed by atoms with van der Waals surface area (Å²) in [4.78, 5) is 0. The van der Waals surface area contributed by atoms with Crippen LogP contribution in [0.15, 0.2) is 23.7 Å². The second kappa shape index (κ2) is 6.63. The zero-order valence-corrected chi connectivity index (χ0v) is 14.7. The van der Waals surface area contributed by atoms with Gasteiger partial charge in [0.05, 0.1) is 18.3 Å². The Morgan fingerprint density at radius 3 is 2.39 bits per heavy atom. The van der Waals surface area contributed by atoms with Crippen molar-refractivity contribution in [2.45, 2.75) is 38.9 Å². The fourth-order valence-corrected chi connectivity index (χ4v) is 2.36. The molecule has 0 aliphatic carbocycles. The fraction of sp³-hybridized carbons (Fsp3) is 0.529. The van der Waals surface area contributed by atoms with E-state index >= 15 is 0 Å². The highest BCUT2D eigenvalue weighted by Crippen LogP contribution is 2.38. The quantitative estimate of drug-likeness (QED) is 0.846. The number of hydrogen-bond donors (Lipinski definition) is 1. The molecule has 0 unspecified atom stereocenters. The molecule has 0 bridgehead atoms. The van der Waals surface area contributed by atoms with Crippen LogP contribution in [0.25, 0.3) is 6.08 Å². The molecule has 0 saturated carbocycles. The van der Waals surface area contributed by atoms with E-state index in [2.05, 4.69) is 5.32 Å². The average Bonchev–Trinajstić information content (AvgIpc) is 2.69. The maximum Gasteiger partial charge on any atom is 0.491 e. The van der Waals surface area contributed by atoms with E-state index < -0.39 is 18.3 Å². The summed E-state index contributed by atoms with van der Waals surface area (Å²) >= 11 is 0. The van der Waals surface area contributed by atoms with Gasteiger partial charge in [-0.1, -0.05) is 6.08 Å². The van der Waals surface area contributed by atoms with Crippen molar-refractivity contribution in [3.63, 3.8) is 0 Å². The molecule has 0 radical (unpaired) electrons. The van der Waals surface area contributed by atoms with Gasteiger partial charge < -0.3 is 19.4 Å². The lowest BCUT2D eigenvalue weighted by Gasteiger charge is -2.32. The van der Waals surface area contributed by atoms with Crippen LogP contribution in [0.3, 0.4) is 0 Å². The van der Waals surface area contributed by atoms with Gasteiger partial charge in [0.2, 0.25) is 0 Å². The van der Waals surface area contributed by atoms with Crippen LogP contribution in [0, 0.1) is 5.82 Å². The molecule has 0 amide bonds. The molecule has 6 heteroatoms. The Morgan fingerprint density at radius 1 is 1.26 bits per heavy atom.